The van der Waals surface area contributed by atoms with Crippen molar-refractivity contribution in [1.82, 2.24) is 4.98 Å². The van der Waals surface area contributed by atoms with Gasteiger partial charge >= 0.3 is 0 Å². The summed E-state index contributed by atoms with van der Waals surface area (Å²) in [6.45, 7) is 1.96. The molecule has 1 aromatic heterocycles. The second-order valence-corrected chi connectivity index (χ2v) is 5.11. The summed E-state index contributed by atoms with van der Waals surface area (Å²) in [4.78, 5) is 4.64. The van der Waals surface area contributed by atoms with Crippen molar-refractivity contribution in [2.45, 2.75) is 6.92 Å². The molecule has 0 saturated heterocycles. The van der Waals surface area contributed by atoms with Crippen LogP contribution in [-0.4, -0.2) is 9.97 Å². The zero-order valence-corrected chi connectivity index (χ0v) is 12.2. The van der Waals surface area contributed by atoms with Crippen molar-refractivity contribution in [1.29, 1.82) is 0 Å². The average molecular weight is 322 g/mol. The standard InChI is InChI=1S/C13H12BrN3S/c1-8-6-7-16-13(11(8)12(15)18)17-10-5-3-2-4-9(10)14/h2-7H,1H3,(H2,15,18)(H,16,17). The van der Waals surface area contributed by atoms with Crippen molar-refractivity contribution >= 4 is 44.6 Å². The third kappa shape index (κ3) is 2.68. The highest BCUT2D eigenvalue weighted by molar-refractivity contribution is 9.10. The van der Waals surface area contributed by atoms with Gasteiger partial charge in [0.05, 0.1) is 11.3 Å². The number of nitrogens with two attached hydrogens (primary N) is 1. The molecule has 2 aromatic rings. The summed E-state index contributed by atoms with van der Waals surface area (Å²) >= 11 is 8.55. The molecule has 3 nitrogen and oxygen atoms in total. The fourth-order valence-corrected chi connectivity index (χ4v) is 2.30. The van der Waals surface area contributed by atoms with Gasteiger partial charge in [-0.15, -0.1) is 0 Å². The van der Waals surface area contributed by atoms with E-state index in [-0.39, 0.29) is 0 Å². The van der Waals surface area contributed by atoms with Gasteiger partial charge in [0.15, 0.2) is 0 Å². The highest BCUT2D eigenvalue weighted by Crippen LogP contribution is 2.27. The van der Waals surface area contributed by atoms with E-state index in [0.29, 0.717) is 10.8 Å². The monoisotopic (exact) mass is 321 g/mol. The number of benzene rings is 1. The Bertz CT molecular complexity index is 599. The first kappa shape index (κ1) is 13.0. The number of para-hydroxylation sites is 1. The van der Waals surface area contributed by atoms with E-state index in [0.717, 1.165) is 21.3 Å². The molecule has 92 valence electrons. The summed E-state index contributed by atoms with van der Waals surface area (Å²) in [7, 11) is 0. The predicted molar refractivity (Wildman–Crippen MR) is 82.3 cm³/mol. The van der Waals surface area contributed by atoms with Crippen LogP contribution in [0.3, 0.4) is 0 Å². The normalized spacial score (nSPS) is 10.1. The molecule has 0 spiro atoms. The molecule has 1 aromatic carbocycles. The Morgan fingerprint density at radius 2 is 2.06 bits per heavy atom. The lowest BCUT2D eigenvalue weighted by atomic mass is 10.1. The van der Waals surface area contributed by atoms with Crippen LogP contribution in [0.25, 0.3) is 0 Å². The van der Waals surface area contributed by atoms with E-state index >= 15 is 0 Å². The number of anilines is 2. The minimum Gasteiger partial charge on any atom is -0.389 e. The van der Waals surface area contributed by atoms with Gasteiger partial charge in [0.2, 0.25) is 0 Å². The summed E-state index contributed by atoms with van der Waals surface area (Å²) < 4.78 is 0.960. The van der Waals surface area contributed by atoms with Crippen LogP contribution in [0.1, 0.15) is 11.1 Å². The molecule has 1 heterocycles. The first-order chi connectivity index (χ1) is 8.59. The zero-order valence-electron chi connectivity index (χ0n) is 9.77. The van der Waals surface area contributed by atoms with Crippen molar-refractivity contribution in [3.8, 4) is 0 Å². The summed E-state index contributed by atoms with van der Waals surface area (Å²) in [5.41, 5.74) is 8.46. The first-order valence-electron chi connectivity index (χ1n) is 5.36. The summed E-state index contributed by atoms with van der Waals surface area (Å²) in [6.07, 6.45) is 1.73. The molecule has 0 amide bonds. The van der Waals surface area contributed by atoms with E-state index < -0.39 is 0 Å². The SMILES string of the molecule is Cc1ccnc(Nc2ccccc2Br)c1C(N)=S. The van der Waals surface area contributed by atoms with Gasteiger partial charge < -0.3 is 11.1 Å². The van der Waals surface area contributed by atoms with Crippen LogP contribution < -0.4 is 11.1 Å². The molecule has 0 atom stereocenters. The number of halogens is 1. The van der Waals surface area contributed by atoms with E-state index in [9.17, 15) is 0 Å². The molecule has 18 heavy (non-hydrogen) atoms. The number of nitrogens with zero attached hydrogens (tertiary/aromatic N) is 1. The van der Waals surface area contributed by atoms with Gasteiger partial charge in [-0.05, 0) is 46.6 Å². The molecule has 0 saturated carbocycles. The largest absolute Gasteiger partial charge is 0.389 e. The molecule has 0 fully saturated rings. The molecular weight excluding hydrogens is 310 g/mol. The Kier molecular flexibility index (Phi) is 3.93. The number of hydrogen-bond donors (Lipinski definition) is 2. The average Bonchev–Trinajstić information content (AvgIpc) is 2.31. The zero-order chi connectivity index (χ0) is 13.1. The Morgan fingerprint density at radius 3 is 2.72 bits per heavy atom. The number of thiocarbonyl (C=S) groups is 1. The molecule has 0 aliphatic heterocycles. The summed E-state index contributed by atoms with van der Waals surface area (Å²) in [5, 5.41) is 3.24. The lowest BCUT2D eigenvalue weighted by Crippen LogP contribution is -2.14. The number of hydrogen-bond acceptors (Lipinski definition) is 3. The molecule has 5 heteroatoms. The minimum absolute atomic E-state index is 0.343. The number of rotatable bonds is 3. The lowest BCUT2D eigenvalue weighted by Gasteiger charge is -2.13. The second-order valence-electron chi connectivity index (χ2n) is 3.82. The molecule has 0 radical (unpaired) electrons. The molecule has 0 aliphatic rings. The molecule has 0 unspecified atom stereocenters. The summed E-state index contributed by atoms with van der Waals surface area (Å²) in [6, 6.07) is 9.70. The molecule has 2 rings (SSSR count). The quantitative estimate of drug-likeness (QED) is 0.849. The topological polar surface area (TPSA) is 50.9 Å². The van der Waals surface area contributed by atoms with Crippen LogP contribution in [0.5, 0.6) is 0 Å². The van der Waals surface area contributed by atoms with Crippen LogP contribution in [-0.2, 0) is 0 Å². The third-order valence-electron chi connectivity index (χ3n) is 2.53. The van der Waals surface area contributed by atoms with Gasteiger partial charge in [0.1, 0.15) is 10.8 Å². The van der Waals surface area contributed by atoms with E-state index in [1.54, 1.807) is 6.20 Å². The van der Waals surface area contributed by atoms with Gasteiger partial charge in [-0.2, -0.15) is 0 Å². The van der Waals surface area contributed by atoms with Crippen LogP contribution in [0, 0.1) is 6.92 Å². The van der Waals surface area contributed by atoms with E-state index in [1.807, 2.05) is 37.3 Å². The van der Waals surface area contributed by atoms with Crippen LogP contribution in [0.4, 0.5) is 11.5 Å². The Balaban J connectivity index is 2.44. The summed E-state index contributed by atoms with van der Waals surface area (Å²) in [5.74, 6) is 0.675. The number of aromatic nitrogens is 1. The maximum atomic E-state index is 5.75. The van der Waals surface area contributed by atoms with Crippen molar-refractivity contribution in [2.24, 2.45) is 5.73 Å². The maximum Gasteiger partial charge on any atom is 0.140 e. The van der Waals surface area contributed by atoms with Crippen molar-refractivity contribution in [3.05, 3.63) is 52.1 Å². The van der Waals surface area contributed by atoms with Gasteiger partial charge in [0, 0.05) is 10.7 Å². The lowest BCUT2D eigenvalue weighted by molar-refractivity contribution is 1.26. The fourth-order valence-electron chi connectivity index (χ4n) is 1.65. The first-order valence-corrected chi connectivity index (χ1v) is 6.56. The number of aryl methyl sites for hydroxylation is 1. The van der Waals surface area contributed by atoms with Crippen molar-refractivity contribution in [2.75, 3.05) is 5.32 Å². The third-order valence-corrected chi connectivity index (χ3v) is 3.43. The van der Waals surface area contributed by atoms with Crippen LogP contribution in [0.2, 0.25) is 0 Å². The number of pyridine rings is 1. The van der Waals surface area contributed by atoms with Crippen LogP contribution in [0.15, 0.2) is 41.0 Å². The Hall–Kier alpha value is -1.46. The highest BCUT2D eigenvalue weighted by Gasteiger charge is 2.10. The smallest absolute Gasteiger partial charge is 0.140 e. The van der Waals surface area contributed by atoms with Gasteiger partial charge in [-0.25, -0.2) is 4.98 Å². The fraction of sp³-hybridized carbons (Fsp3) is 0.0769. The minimum atomic E-state index is 0.343. The van der Waals surface area contributed by atoms with E-state index in [4.69, 9.17) is 18.0 Å². The predicted octanol–water partition coefficient (Wildman–Crippen LogP) is 3.53. The molecular formula is C13H12BrN3S. The molecule has 0 bridgehead atoms. The Labute approximate surface area is 120 Å². The van der Waals surface area contributed by atoms with Crippen LogP contribution >= 0.6 is 28.1 Å². The maximum absolute atomic E-state index is 5.75. The van der Waals surface area contributed by atoms with E-state index in [2.05, 4.69) is 26.2 Å². The van der Waals surface area contributed by atoms with Gasteiger partial charge in [-0.1, -0.05) is 24.4 Å². The van der Waals surface area contributed by atoms with Crippen molar-refractivity contribution < 1.29 is 0 Å². The van der Waals surface area contributed by atoms with Gasteiger partial charge in [0.25, 0.3) is 0 Å². The molecule has 3 N–H and O–H groups in total. The van der Waals surface area contributed by atoms with Gasteiger partial charge in [-0.3, -0.25) is 0 Å². The number of nitrogens with one attached hydrogen (secondary N) is 1. The second kappa shape index (κ2) is 5.46. The van der Waals surface area contributed by atoms with E-state index in [1.165, 1.54) is 0 Å². The highest BCUT2D eigenvalue weighted by atomic mass is 79.9. The van der Waals surface area contributed by atoms with Crippen molar-refractivity contribution in [3.63, 3.8) is 0 Å². The Morgan fingerprint density at radius 1 is 1.33 bits per heavy atom. The molecule has 0 aliphatic carbocycles.